The van der Waals surface area contributed by atoms with E-state index in [4.69, 9.17) is 9.52 Å². The fourth-order valence-corrected chi connectivity index (χ4v) is 5.51. The minimum absolute atomic E-state index is 0.177. The van der Waals surface area contributed by atoms with Crippen molar-refractivity contribution in [2.75, 3.05) is 25.4 Å². The van der Waals surface area contributed by atoms with E-state index in [1.165, 1.54) is 10.4 Å². The van der Waals surface area contributed by atoms with Crippen LogP contribution >= 0.6 is 0 Å². The number of hydrogen-bond acceptors (Lipinski definition) is 5. The lowest BCUT2D eigenvalue weighted by atomic mass is 10.2. The highest BCUT2D eigenvalue weighted by molar-refractivity contribution is 7.89. The summed E-state index contributed by atoms with van der Waals surface area (Å²) in [5.74, 6) is 0.478. The summed E-state index contributed by atoms with van der Waals surface area (Å²) in [5.41, 5.74) is 2.99. The number of nitrogens with one attached hydrogen (secondary N) is 1. The third-order valence-corrected chi connectivity index (χ3v) is 7.66. The molecular formula is C25H24N4O4S. The molecular weight excluding hydrogens is 452 g/mol. The van der Waals surface area contributed by atoms with E-state index in [1.54, 1.807) is 10.8 Å². The van der Waals surface area contributed by atoms with Crippen LogP contribution in [0.4, 0.5) is 0 Å². The molecule has 0 spiro atoms. The number of benzene rings is 2. The second kappa shape index (κ2) is 9.28. The van der Waals surface area contributed by atoms with Crippen LogP contribution in [0.1, 0.15) is 12.0 Å². The molecule has 1 N–H and O–H groups in total. The molecule has 174 valence electrons. The number of nitrogens with zero attached hydrogens (tertiary/aromatic N) is 3. The number of sulfonamides is 1. The summed E-state index contributed by atoms with van der Waals surface area (Å²) in [6.45, 7) is 1.04. The molecule has 5 rings (SSSR count). The second-order valence-corrected chi connectivity index (χ2v) is 10.1. The maximum Gasteiger partial charge on any atom is 0.244 e. The van der Waals surface area contributed by atoms with Crippen molar-refractivity contribution in [2.24, 2.45) is 0 Å². The van der Waals surface area contributed by atoms with Crippen molar-refractivity contribution in [3.05, 3.63) is 78.5 Å². The van der Waals surface area contributed by atoms with Crippen LogP contribution in [-0.2, 0) is 14.8 Å². The molecule has 0 aliphatic carbocycles. The molecule has 1 fully saturated rings. The molecule has 2 aromatic heterocycles. The number of aromatic nitrogens is 2. The van der Waals surface area contributed by atoms with Crippen molar-refractivity contribution in [2.45, 2.75) is 6.42 Å². The van der Waals surface area contributed by atoms with Crippen LogP contribution in [0.15, 0.2) is 77.4 Å². The predicted octanol–water partition coefficient (Wildman–Crippen LogP) is 3.45. The molecule has 9 heteroatoms. The highest BCUT2D eigenvalue weighted by Crippen LogP contribution is 2.30. The van der Waals surface area contributed by atoms with Crippen molar-refractivity contribution in [1.82, 2.24) is 19.4 Å². The first-order valence-electron chi connectivity index (χ1n) is 11.1. The van der Waals surface area contributed by atoms with Gasteiger partial charge in [0.2, 0.25) is 15.9 Å². The molecule has 2 aromatic carbocycles. The SMILES string of the molecule is O=C(/C=C/c1cn(-c2ccccc2)nc1-c1cc2ccccc2o1)NCCN1CCCS1(=O)=O. The van der Waals surface area contributed by atoms with Crippen molar-refractivity contribution < 1.29 is 17.6 Å². The molecule has 0 unspecified atom stereocenters. The van der Waals surface area contributed by atoms with Crippen molar-refractivity contribution in [1.29, 1.82) is 0 Å². The smallest absolute Gasteiger partial charge is 0.244 e. The first-order chi connectivity index (χ1) is 16.5. The fraction of sp³-hybridized carbons (Fsp3) is 0.200. The van der Waals surface area contributed by atoms with E-state index in [0.29, 0.717) is 24.4 Å². The average molecular weight is 477 g/mol. The highest BCUT2D eigenvalue weighted by atomic mass is 32.2. The summed E-state index contributed by atoms with van der Waals surface area (Å²) in [6.07, 6.45) is 5.60. The van der Waals surface area contributed by atoms with Gasteiger partial charge < -0.3 is 9.73 Å². The Labute approximate surface area is 197 Å². The fourth-order valence-electron chi connectivity index (χ4n) is 3.98. The van der Waals surface area contributed by atoms with Crippen molar-refractivity contribution >= 4 is 33.0 Å². The summed E-state index contributed by atoms with van der Waals surface area (Å²) in [5, 5.41) is 8.44. The Morgan fingerprint density at radius 1 is 1.12 bits per heavy atom. The molecule has 0 radical (unpaired) electrons. The minimum atomic E-state index is -3.17. The van der Waals surface area contributed by atoms with Crippen LogP contribution in [0.2, 0.25) is 0 Å². The largest absolute Gasteiger partial charge is 0.454 e. The van der Waals surface area contributed by atoms with E-state index in [0.717, 1.165) is 22.2 Å². The van der Waals surface area contributed by atoms with Gasteiger partial charge in [-0.3, -0.25) is 4.79 Å². The van der Waals surface area contributed by atoms with Gasteiger partial charge in [-0.2, -0.15) is 5.10 Å². The van der Waals surface area contributed by atoms with Gasteiger partial charge in [0.05, 0.1) is 11.4 Å². The van der Waals surface area contributed by atoms with Crippen LogP contribution in [0, 0.1) is 0 Å². The molecule has 1 aliphatic heterocycles. The Morgan fingerprint density at radius 2 is 1.91 bits per heavy atom. The van der Waals surface area contributed by atoms with Gasteiger partial charge in [0, 0.05) is 42.9 Å². The molecule has 1 saturated heterocycles. The summed E-state index contributed by atoms with van der Waals surface area (Å²) >= 11 is 0. The summed E-state index contributed by atoms with van der Waals surface area (Å²) < 4.78 is 33.0. The van der Waals surface area contributed by atoms with E-state index < -0.39 is 10.0 Å². The van der Waals surface area contributed by atoms with Crippen LogP contribution in [0.5, 0.6) is 0 Å². The minimum Gasteiger partial charge on any atom is -0.454 e. The maximum atomic E-state index is 12.4. The van der Waals surface area contributed by atoms with E-state index in [-0.39, 0.29) is 24.7 Å². The maximum absolute atomic E-state index is 12.4. The molecule has 4 aromatic rings. The number of carbonyl (C=O) groups is 1. The molecule has 0 bridgehead atoms. The van der Waals surface area contributed by atoms with Crippen LogP contribution < -0.4 is 5.32 Å². The zero-order valence-corrected chi connectivity index (χ0v) is 19.2. The van der Waals surface area contributed by atoms with Gasteiger partial charge >= 0.3 is 0 Å². The number of amides is 1. The predicted molar refractivity (Wildman–Crippen MR) is 131 cm³/mol. The lowest BCUT2D eigenvalue weighted by Gasteiger charge is -2.13. The molecule has 0 saturated carbocycles. The third-order valence-electron chi connectivity index (χ3n) is 5.70. The van der Waals surface area contributed by atoms with Gasteiger partial charge in [-0.1, -0.05) is 36.4 Å². The van der Waals surface area contributed by atoms with Gasteiger partial charge in [0.25, 0.3) is 0 Å². The number of hydrogen-bond donors (Lipinski definition) is 1. The first kappa shape index (κ1) is 22.1. The van der Waals surface area contributed by atoms with Gasteiger partial charge in [-0.05, 0) is 36.8 Å². The Kier molecular flexibility index (Phi) is 6.04. The van der Waals surface area contributed by atoms with Crippen molar-refractivity contribution in [3.8, 4) is 17.1 Å². The number of furan rings is 1. The Balaban J connectivity index is 1.37. The first-order valence-corrected chi connectivity index (χ1v) is 12.7. The molecule has 8 nitrogen and oxygen atoms in total. The number of para-hydroxylation sites is 2. The summed E-state index contributed by atoms with van der Waals surface area (Å²) in [6, 6.07) is 19.4. The van der Waals surface area contributed by atoms with Crippen LogP contribution in [0.3, 0.4) is 0 Å². The highest BCUT2D eigenvalue weighted by Gasteiger charge is 2.27. The van der Waals surface area contributed by atoms with Gasteiger partial charge in [0.15, 0.2) is 5.76 Å². The zero-order valence-electron chi connectivity index (χ0n) is 18.4. The van der Waals surface area contributed by atoms with Crippen LogP contribution in [0.25, 0.3) is 34.2 Å². The average Bonchev–Trinajstić information content (AvgIpc) is 3.54. The zero-order chi connectivity index (χ0) is 23.5. The summed E-state index contributed by atoms with van der Waals surface area (Å²) in [7, 11) is -3.17. The van der Waals surface area contributed by atoms with Gasteiger partial charge in [-0.15, -0.1) is 0 Å². The molecule has 34 heavy (non-hydrogen) atoms. The van der Waals surface area contributed by atoms with E-state index in [9.17, 15) is 13.2 Å². The summed E-state index contributed by atoms with van der Waals surface area (Å²) in [4.78, 5) is 12.4. The van der Waals surface area contributed by atoms with Crippen molar-refractivity contribution in [3.63, 3.8) is 0 Å². The lowest BCUT2D eigenvalue weighted by Crippen LogP contribution is -2.35. The molecule has 3 heterocycles. The number of fused-ring (bicyclic) bond motifs is 1. The molecule has 1 amide bonds. The number of carbonyl (C=O) groups excluding carboxylic acids is 1. The lowest BCUT2D eigenvalue weighted by molar-refractivity contribution is -0.116. The van der Waals surface area contributed by atoms with Gasteiger partial charge in [-0.25, -0.2) is 17.4 Å². The Bertz CT molecular complexity index is 1420. The van der Waals surface area contributed by atoms with Crippen LogP contribution in [-0.4, -0.2) is 53.8 Å². The monoisotopic (exact) mass is 476 g/mol. The Hall–Kier alpha value is -3.69. The number of rotatable bonds is 7. The second-order valence-electron chi connectivity index (χ2n) is 8.05. The normalized spacial score (nSPS) is 15.9. The van der Waals surface area contributed by atoms with E-state index >= 15 is 0 Å². The standard InChI is InChI=1S/C25H24N4O4S/c30-24(26-13-15-28-14-6-16-34(28,31)32)12-11-20-18-29(21-8-2-1-3-9-21)27-25(20)23-17-19-7-4-5-10-22(19)33-23/h1-5,7-12,17-18H,6,13-16H2,(H,26,30)/b12-11+. The van der Waals surface area contributed by atoms with E-state index in [2.05, 4.69) is 5.32 Å². The Morgan fingerprint density at radius 3 is 2.68 bits per heavy atom. The molecule has 0 atom stereocenters. The molecule has 1 aliphatic rings. The third kappa shape index (κ3) is 4.66. The van der Waals surface area contributed by atoms with Gasteiger partial charge in [0.1, 0.15) is 11.3 Å². The van der Waals surface area contributed by atoms with E-state index in [1.807, 2.05) is 66.9 Å². The topological polar surface area (TPSA) is 97.4 Å². The quantitative estimate of drug-likeness (QED) is 0.412.